The lowest BCUT2D eigenvalue weighted by Crippen LogP contribution is -2.44. The Bertz CT molecular complexity index is 705. The SMILES string of the molecule is CC(=O)C1=C(c2ccccc2)NC(=O)N[C@@H]1c1cccs1. The first-order valence-corrected chi connectivity index (χ1v) is 7.46. The molecule has 5 heteroatoms. The van der Waals surface area contributed by atoms with Gasteiger partial charge in [0.05, 0.1) is 11.7 Å². The molecule has 4 nitrogen and oxygen atoms in total. The van der Waals surface area contributed by atoms with Crippen LogP contribution in [0.3, 0.4) is 0 Å². The number of benzene rings is 1. The third kappa shape index (κ3) is 2.60. The predicted octanol–water partition coefficient (Wildman–Crippen LogP) is 3.10. The molecule has 0 spiro atoms. The smallest absolute Gasteiger partial charge is 0.320 e. The Hall–Kier alpha value is -2.40. The average molecular weight is 298 g/mol. The average Bonchev–Trinajstić information content (AvgIpc) is 3.01. The van der Waals surface area contributed by atoms with Crippen molar-refractivity contribution in [3.05, 3.63) is 63.9 Å². The number of ketones is 1. The second kappa shape index (κ2) is 5.54. The monoisotopic (exact) mass is 298 g/mol. The van der Waals surface area contributed by atoms with Crippen LogP contribution >= 0.6 is 11.3 Å². The van der Waals surface area contributed by atoms with Crippen molar-refractivity contribution in [2.75, 3.05) is 0 Å². The van der Waals surface area contributed by atoms with Gasteiger partial charge in [0.25, 0.3) is 0 Å². The lowest BCUT2D eigenvalue weighted by Gasteiger charge is -2.28. The number of amides is 2. The molecular weight excluding hydrogens is 284 g/mol. The zero-order chi connectivity index (χ0) is 14.8. The number of rotatable bonds is 3. The Labute approximate surface area is 126 Å². The van der Waals surface area contributed by atoms with Gasteiger partial charge in [-0.15, -0.1) is 11.3 Å². The van der Waals surface area contributed by atoms with E-state index in [1.807, 2.05) is 47.8 Å². The van der Waals surface area contributed by atoms with Gasteiger partial charge in [0.2, 0.25) is 0 Å². The Balaban J connectivity index is 2.17. The van der Waals surface area contributed by atoms with Crippen LogP contribution in [0.25, 0.3) is 5.70 Å². The Morgan fingerprint density at radius 2 is 1.90 bits per heavy atom. The molecule has 0 unspecified atom stereocenters. The zero-order valence-corrected chi connectivity index (χ0v) is 12.2. The molecule has 0 aliphatic carbocycles. The van der Waals surface area contributed by atoms with Crippen LogP contribution in [0.4, 0.5) is 4.79 Å². The topological polar surface area (TPSA) is 58.2 Å². The fourth-order valence-corrected chi connectivity index (χ4v) is 3.23. The second-order valence-electron chi connectivity index (χ2n) is 4.76. The van der Waals surface area contributed by atoms with Gasteiger partial charge in [-0.3, -0.25) is 4.79 Å². The molecule has 0 fully saturated rings. The van der Waals surface area contributed by atoms with E-state index in [9.17, 15) is 9.59 Å². The molecule has 3 rings (SSSR count). The molecule has 1 aliphatic heterocycles. The first-order chi connectivity index (χ1) is 10.2. The largest absolute Gasteiger partial charge is 0.326 e. The molecule has 2 aromatic rings. The maximum Gasteiger partial charge on any atom is 0.320 e. The molecular formula is C16H14N2O2S. The van der Waals surface area contributed by atoms with Crippen LogP contribution in [-0.2, 0) is 4.79 Å². The van der Waals surface area contributed by atoms with E-state index < -0.39 is 6.04 Å². The molecule has 0 saturated heterocycles. The highest BCUT2D eigenvalue weighted by atomic mass is 32.1. The molecule has 0 saturated carbocycles. The second-order valence-corrected chi connectivity index (χ2v) is 5.74. The highest BCUT2D eigenvalue weighted by Crippen LogP contribution is 2.33. The van der Waals surface area contributed by atoms with Crippen molar-refractivity contribution in [3.8, 4) is 0 Å². The molecule has 1 aromatic carbocycles. The van der Waals surface area contributed by atoms with E-state index in [1.165, 1.54) is 18.3 Å². The quantitative estimate of drug-likeness (QED) is 0.914. The maximum atomic E-state index is 12.2. The van der Waals surface area contributed by atoms with Crippen LogP contribution < -0.4 is 10.6 Å². The van der Waals surface area contributed by atoms with Gasteiger partial charge in [-0.1, -0.05) is 36.4 Å². The van der Waals surface area contributed by atoms with E-state index in [0.717, 1.165) is 10.4 Å². The summed E-state index contributed by atoms with van der Waals surface area (Å²) < 4.78 is 0. The van der Waals surface area contributed by atoms with Crippen LogP contribution in [0.15, 0.2) is 53.4 Å². The fraction of sp³-hybridized carbons (Fsp3) is 0.125. The minimum atomic E-state index is -0.397. The van der Waals surface area contributed by atoms with Crippen LogP contribution in [0.5, 0.6) is 0 Å². The predicted molar refractivity (Wildman–Crippen MR) is 82.8 cm³/mol. The van der Waals surface area contributed by atoms with Crippen molar-refractivity contribution in [1.82, 2.24) is 10.6 Å². The number of Topliss-reactive ketones (excluding diaryl/α,β-unsaturated/α-hetero) is 1. The van der Waals surface area contributed by atoms with Gasteiger partial charge in [-0.05, 0) is 23.9 Å². The summed E-state index contributed by atoms with van der Waals surface area (Å²) in [4.78, 5) is 25.1. The van der Waals surface area contributed by atoms with Crippen molar-refractivity contribution >= 4 is 28.8 Å². The first-order valence-electron chi connectivity index (χ1n) is 6.58. The molecule has 0 bridgehead atoms. The van der Waals surface area contributed by atoms with Crippen molar-refractivity contribution in [1.29, 1.82) is 0 Å². The van der Waals surface area contributed by atoms with Crippen molar-refractivity contribution < 1.29 is 9.59 Å². The summed E-state index contributed by atoms with van der Waals surface area (Å²) in [6.07, 6.45) is 0. The van der Waals surface area contributed by atoms with E-state index in [4.69, 9.17) is 0 Å². The third-order valence-corrected chi connectivity index (χ3v) is 4.28. The summed E-state index contributed by atoms with van der Waals surface area (Å²) in [5.74, 6) is -0.0558. The molecule has 21 heavy (non-hydrogen) atoms. The summed E-state index contributed by atoms with van der Waals surface area (Å²) in [6.45, 7) is 1.53. The molecule has 1 aliphatic rings. The summed E-state index contributed by atoms with van der Waals surface area (Å²) in [7, 11) is 0. The van der Waals surface area contributed by atoms with Gasteiger partial charge >= 0.3 is 6.03 Å². The molecule has 2 heterocycles. The lowest BCUT2D eigenvalue weighted by molar-refractivity contribution is -0.113. The maximum absolute atomic E-state index is 12.2. The molecule has 2 N–H and O–H groups in total. The Morgan fingerprint density at radius 3 is 2.52 bits per heavy atom. The summed E-state index contributed by atoms with van der Waals surface area (Å²) in [5, 5.41) is 7.53. The molecule has 0 radical (unpaired) electrons. The van der Waals surface area contributed by atoms with Gasteiger partial charge in [-0.2, -0.15) is 0 Å². The highest BCUT2D eigenvalue weighted by Gasteiger charge is 2.31. The highest BCUT2D eigenvalue weighted by molar-refractivity contribution is 7.10. The van der Waals surface area contributed by atoms with E-state index in [2.05, 4.69) is 10.6 Å². The number of thiophene rings is 1. The summed E-state index contributed by atoms with van der Waals surface area (Å²) >= 11 is 1.52. The molecule has 106 valence electrons. The van der Waals surface area contributed by atoms with Crippen molar-refractivity contribution in [3.63, 3.8) is 0 Å². The molecule has 2 amide bonds. The minimum Gasteiger partial charge on any atom is -0.326 e. The van der Waals surface area contributed by atoms with Crippen LogP contribution in [0, 0.1) is 0 Å². The summed E-state index contributed by atoms with van der Waals surface area (Å²) in [6, 6.07) is 12.6. The van der Waals surface area contributed by atoms with Gasteiger partial charge in [0.15, 0.2) is 5.78 Å². The molecule has 1 aromatic heterocycles. The van der Waals surface area contributed by atoms with Gasteiger partial charge in [-0.25, -0.2) is 4.79 Å². The first kappa shape index (κ1) is 13.6. The summed E-state index contributed by atoms with van der Waals surface area (Å²) in [5.41, 5.74) is 2.01. The van der Waals surface area contributed by atoms with Gasteiger partial charge in [0, 0.05) is 10.5 Å². The van der Waals surface area contributed by atoms with Gasteiger partial charge in [0.1, 0.15) is 0 Å². The Morgan fingerprint density at radius 1 is 1.14 bits per heavy atom. The van der Waals surface area contributed by atoms with Crippen LogP contribution in [0.1, 0.15) is 23.4 Å². The molecule has 1 atom stereocenters. The third-order valence-electron chi connectivity index (χ3n) is 3.34. The van der Waals surface area contributed by atoms with Crippen LogP contribution in [-0.4, -0.2) is 11.8 Å². The number of hydrogen-bond acceptors (Lipinski definition) is 3. The number of carbonyl (C=O) groups excluding carboxylic acids is 2. The zero-order valence-electron chi connectivity index (χ0n) is 11.4. The number of carbonyl (C=O) groups is 2. The minimum absolute atomic E-state index is 0.0558. The fourth-order valence-electron chi connectivity index (χ4n) is 2.45. The van der Waals surface area contributed by atoms with E-state index in [-0.39, 0.29) is 11.8 Å². The van der Waals surface area contributed by atoms with Crippen molar-refractivity contribution in [2.45, 2.75) is 13.0 Å². The van der Waals surface area contributed by atoms with Gasteiger partial charge < -0.3 is 10.6 Å². The normalized spacial score (nSPS) is 18.1. The van der Waals surface area contributed by atoms with Crippen LogP contribution in [0.2, 0.25) is 0 Å². The standard InChI is InChI=1S/C16H14N2O2S/c1-10(19)13-14(11-6-3-2-4-7-11)17-16(20)18-15(13)12-8-5-9-21-12/h2-9,15H,1H3,(H2,17,18,20)/t15-/m1/s1. The lowest BCUT2D eigenvalue weighted by atomic mass is 9.94. The Kier molecular flexibility index (Phi) is 3.58. The van der Waals surface area contributed by atoms with E-state index in [1.54, 1.807) is 0 Å². The van der Waals surface area contributed by atoms with E-state index in [0.29, 0.717) is 11.3 Å². The van der Waals surface area contributed by atoms with E-state index >= 15 is 0 Å². The van der Waals surface area contributed by atoms with Crippen molar-refractivity contribution in [2.24, 2.45) is 0 Å². The number of urea groups is 1. The number of hydrogen-bond donors (Lipinski definition) is 2. The number of nitrogens with one attached hydrogen (secondary N) is 2.